The van der Waals surface area contributed by atoms with E-state index in [4.69, 9.17) is 27.1 Å². The molecule has 5 aromatic rings. The van der Waals surface area contributed by atoms with Crippen molar-refractivity contribution in [1.82, 2.24) is 19.3 Å². The molecule has 9 heteroatoms. The van der Waals surface area contributed by atoms with Gasteiger partial charge in [-0.3, -0.25) is 9.48 Å². The summed E-state index contributed by atoms with van der Waals surface area (Å²) in [5.41, 5.74) is 9.91. The number of rotatable bonds is 7. The van der Waals surface area contributed by atoms with Crippen molar-refractivity contribution in [3.05, 3.63) is 101 Å². The molecule has 0 fully saturated rings. The average Bonchev–Trinajstić information content (AvgIpc) is 3.43. The number of fused-ring (bicyclic) bond motifs is 1. The molecular formula is C26H21ClFN5O2. The van der Waals surface area contributed by atoms with Gasteiger partial charge in [-0.2, -0.15) is 5.10 Å². The van der Waals surface area contributed by atoms with Crippen molar-refractivity contribution in [2.75, 3.05) is 0 Å². The molecule has 2 N–H and O–H groups in total. The molecule has 0 radical (unpaired) electrons. The molecule has 176 valence electrons. The van der Waals surface area contributed by atoms with Crippen LogP contribution in [0.2, 0.25) is 5.02 Å². The van der Waals surface area contributed by atoms with Gasteiger partial charge in [0.2, 0.25) is 5.91 Å². The molecule has 3 aromatic carbocycles. The van der Waals surface area contributed by atoms with E-state index in [0.29, 0.717) is 34.3 Å². The summed E-state index contributed by atoms with van der Waals surface area (Å²) in [6, 6.07) is 16.8. The third-order valence-corrected chi connectivity index (χ3v) is 6.08. The number of nitrogens with zero attached hydrogens (tertiary/aromatic N) is 4. The molecule has 7 nitrogen and oxygen atoms in total. The van der Waals surface area contributed by atoms with Crippen LogP contribution in [0.1, 0.15) is 21.7 Å². The number of ether oxygens (including phenoxy) is 1. The summed E-state index contributed by atoms with van der Waals surface area (Å²) < 4.78 is 23.6. The Balaban J connectivity index is 1.54. The highest BCUT2D eigenvalue weighted by Crippen LogP contribution is 2.28. The number of halogens is 2. The molecule has 0 aliphatic rings. The fraction of sp³-hybridized carbons (Fsp3) is 0.115. The number of carbonyl (C=O) groups excluding carboxylic acids is 1. The summed E-state index contributed by atoms with van der Waals surface area (Å²) in [5.74, 6) is 0.336. The number of hydrogen-bond acceptors (Lipinski definition) is 4. The van der Waals surface area contributed by atoms with Crippen molar-refractivity contribution < 1.29 is 13.9 Å². The molecule has 0 bridgehead atoms. The van der Waals surface area contributed by atoms with Crippen molar-refractivity contribution in [3.8, 4) is 16.9 Å². The number of nitrogens with two attached hydrogens (primary N) is 1. The Morgan fingerprint density at radius 3 is 2.60 bits per heavy atom. The van der Waals surface area contributed by atoms with Crippen LogP contribution in [0, 0.1) is 5.82 Å². The van der Waals surface area contributed by atoms with Gasteiger partial charge in [0.25, 0.3) is 0 Å². The molecule has 0 unspecified atom stereocenters. The topological polar surface area (TPSA) is 88.0 Å². The largest absolute Gasteiger partial charge is 0.486 e. The lowest BCUT2D eigenvalue weighted by molar-refractivity contribution is 0.1000. The first-order chi connectivity index (χ1) is 16.9. The molecule has 35 heavy (non-hydrogen) atoms. The summed E-state index contributed by atoms with van der Waals surface area (Å²) >= 11 is 6.38. The van der Waals surface area contributed by atoms with Crippen LogP contribution in [0.3, 0.4) is 0 Å². The highest BCUT2D eigenvalue weighted by atomic mass is 35.5. The lowest BCUT2D eigenvalue weighted by Gasteiger charge is -2.12. The van der Waals surface area contributed by atoms with E-state index in [9.17, 15) is 9.18 Å². The molecule has 0 saturated carbocycles. The van der Waals surface area contributed by atoms with Gasteiger partial charge in [0.15, 0.2) is 0 Å². The third kappa shape index (κ3) is 4.74. The predicted octanol–water partition coefficient (Wildman–Crippen LogP) is 4.96. The summed E-state index contributed by atoms with van der Waals surface area (Å²) in [4.78, 5) is 16.1. The lowest BCUT2D eigenvalue weighted by atomic mass is 10.1. The standard InChI is InChI=1S/C26H21ClFN5O2/c1-32-13-19(12-30-32)17-4-9-23-24(11-17)33(14-18-10-20(28)5-8-22(18)27)25(31-23)15-35-21-6-2-16(3-7-21)26(29)34/h2-13H,14-15H2,1H3,(H2,29,34). The highest BCUT2D eigenvalue weighted by molar-refractivity contribution is 6.31. The molecule has 2 heterocycles. The summed E-state index contributed by atoms with van der Waals surface area (Å²) in [7, 11) is 1.86. The summed E-state index contributed by atoms with van der Waals surface area (Å²) in [5, 5.41) is 4.72. The number of benzene rings is 3. The monoisotopic (exact) mass is 489 g/mol. The van der Waals surface area contributed by atoms with Crippen molar-refractivity contribution in [1.29, 1.82) is 0 Å². The quantitative estimate of drug-likeness (QED) is 0.350. The normalized spacial score (nSPS) is 11.2. The van der Waals surface area contributed by atoms with Gasteiger partial charge >= 0.3 is 0 Å². The van der Waals surface area contributed by atoms with E-state index in [1.165, 1.54) is 12.1 Å². The molecule has 0 spiro atoms. The van der Waals surface area contributed by atoms with Crippen LogP contribution in [-0.4, -0.2) is 25.2 Å². The fourth-order valence-corrected chi connectivity index (χ4v) is 4.08. The molecule has 0 atom stereocenters. The molecule has 0 saturated heterocycles. The van der Waals surface area contributed by atoms with Crippen LogP contribution in [-0.2, 0) is 20.2 Å². The Kier molecular flexibility index (Phi) is 5.96. The van der Waals surface area contributed by atoms with Crippen molar-refractivity contribution in [3.63, 3.8) is 0 Å². The number of aromatic nitrogens is 4. The maximum Gasteiger partial charge on any atom is 0.248 e. The maximum atomic E-state index is 14.0. The van der Waals surface area contributed by atoms with Gasteiger partial charge < -0.3 is 15.0 Å². The first kappa shape index (κ1) is 22.6. The maximum absolute atomic E-state index is 14.0. The molecule has 2 aromatic heterocycles. The number of aryl methyl sites for hydroxylation is 1. The van der Waals surface area contributed by atoms with E-state index >= 15 is 0 Å². The second-order valence-corrected chi connectivity index (χ2v) is 8.54. The molecular weight excluding hydrogens is 469 g/mol. The number of amides is 1. The SMILES string of the molecule is Cn1cc(-c2ccc3nc(COc4ccc(C(N)=O)cc4)n(Cc4cc(F)ccc4Cl)c3c2)cn1. The second kappa shape index (κ2) is 9.23. The first-order valence-electron chi connectivity index (χ1n) is 10.8. The van der Waals surface area contributed by atoms with Crippen LogP contribution in [0.5, 0.6) is 5.75 Å². The molecule has 0 aliphatic carbocycles. The lowest BCUT2D eigenvalue weighted by Crippen LogP contribution is -2.11. The van der Waals surface area contributed by atoms with E-state index in [1.54, 1.807) is 41.2 Å². The first-order valence-corrected chi connectivity index (χ1v) is 11.2. The van der Waals surface area contributed by atoms with E-state index in [-0.39, 0.29) is 12.4 Å². The van der Waals surface area contributed by atoms with Crippen LogP contribution in [0.15, 0.2) is 73.1 Å². The van der Waals surface area contributed by atoms with E-state index < -0.39 is 5.91 Å². The Morgan fingerprint density at radius 1 is 1.09 bits per heavy atom. The summed E-state index contributed by atoms with van der Waals surface area (Å²) in [6.07, 6.45) is 3.73. The number of imidazole rings is 1. The van der Waals surface area contributed by atoms with Crippen molar-refractivity contribution in [2.45, 2.75) is 13.2 Å². The Morgan fingerprint density at radius 2 is 1.89 bits per heavy atom. The minimum atomic E-state index is -0.505. The summed E-state index contributed by atoms with van der Waals surface area (Å²) in [6.45, 7) is 0.461. The number of hydrogen-bond donors (Lipinski definition) is 1. The highest BCUT2D eigenvalue weighted by Gasteiger charge is 2.15. The Hall–Kier alpha value is -4.17. The predicted molar refractivity (Wildman–Crippen MR) is 132 cm³/mol. The van der Waals surface area contributed by atoms with Crippen LogP contribution in [0.4, 0.5) is 4.39 Å². The smallest absolute Gasteiger partial charge is 0.248 e. The zero-order valence-corrected chi connectivity index (χ0v) is 19.5. The van der Waals surface area contributed by atoms with Crippen LogP contribution < -0.4 is 10.5 Å². The van der Waals surface area contributed by atoms with Crippen LogP contribution in [0.25, 0.3) is 22.2 Å². The van der Waals surface area contributed by atoms with Gasteiger partial charge in [-0.1, -0.05) is 17.7 Å². The molecule has 5 rings (SSSR count). The fourth-order valence-electron chi connectivity index (χ4n) is 3.91. The van der Waals surface area contributed by atoms with Gasteiger partial charge in [-0.05, 0) is 65.7 Å². The minimum absolute atomic E-state index is 0.153. The zero-order valence-electron chi connectivity index (χ0n) is 18.8. The molecule has 1 amide bonds. The van der Waals surface area contributed by atoms with Gasteiger partial charge in [0.1, 0.15) is 24.0 Å². The second-order valence-electron chi connectivity index (χ2n) is 8.13. The minimum Gasteiger partial charge on any atom is -0.486 e. The average molecular weight is 490 g/mol. The van der Waals surface area contributed by atoms with E-state index in [0.717, 1.165) is 22.2 Å². The van der Waals surface area contributed by atoms with Crippen LogP contribution >= 0.6 is 11.6 Å². The van der Waals surface area contributed by atoms with Crippen molar-refractivity contribution in [2.24, 2.45) is 12.8 Å². The van der Waals surface area contributed by atoms with Gasteiger partial charge in [0.05, 0.1) is 23.8 Å². The number of carbonyl (C=O) groups is 1. The van der Waals surface area contributed by atoms with Gasteiger partial charge in [0, 0.05) is 29.4 Å². The molecule has 0 aliphatic heterocycles. The van der Waals surface area contributed by atoms with Gasteiger partial charge in [-0.15, -0.1) is 0 Å². The zero-order chi connectivity index (χ0) is 24.5. The van der Waals surface area contributed by atoms with E-state index in [1.807, 2.05) is 36.0 Å². The number of primary amides is 1. The Bertz CT molecular complexity index is 1540. The van der Waals surface area contributed by atoms with Crippen molar-refractivity contribution >= 4 is 28.5 Å². The Labute approximate surface area is 205 Å². The third-order valence-electron chi connectivity index (χ3n) is 5.71. The van der Waals surface area contributed by atoms with E-state index in [2.05, 4.69) is 5.10 Å². The van der Waals surface area contributed by atoms with Gasteiger partial charge in [-0.25, -0.2) is 9.37 Å².